The zero-order valence-corrected chi connectivity index (χ0v) is 13.6. The first kappa shape index (κ1) is 24.7. The molecular formula is C11H12F9NO4S. The largest absolute Gasteiger partial charge is 0.460 e. The van der Waals surface area contributed by atoms with Crippen LogP contribution in [0.4, 0.5) is 39.5 Å². The van der Waals surface area contributed by atoms with Crippen LogP contribution < -0.4 is 0 Å². The van der Waals surface area contributed by atoms with Crippen molar-refractivity contribution in [2.24, 2.45) is 0 Å². The summed E-state index contributed by atoms with van der Waals surface area (Å²) in [6.07, 6.45) is -6.35. The van der Waals surface area contributed by atoms with Gasteiger partial charge >= 0.3 is 23.3 Å². The molecule has 0 saturated heterocycles. The number of hydrogen-bond acceptors (Lipinski definition) is 4. The van der Waals surface area contributed by atoms with E-state index in [9.17, 15) is 52.7 Å². The molecule has 0 saturated carbocycles. The quantitative estimate of drug-likeness (QED) is 0.307. The molecule has 154 valence electrons. The highest BCUT2D eigenvalue weighted by molar-refractivity contribution is 7.90. The summed E-state index contributed by atoms with van der Waals surface area (Å²) in [6.45, 7) is 0.381. The van der Waals surface area contributed by atoms with E-state index in [1.807, 2.05) is 0 Å². The minimum absolute atomic E-state index is 0.226. The zero-order chi connectivity index (χ0) is 21.2. The monoisotopic (exact) mass is 425 g/mol. The van der Waals surface area contributed by atoms with Crippen molar-refractivity contribution in [1.29, 1.82) is 0 Å². The lowest BCUT2D eigenvalue weighted by molar-refractivity contribution is -0.382. The van der Waals surface area contributed by atoms with Gasteiger partial charge in [0.2, 0.25) is 0 Å². The highest BCUT2D eigenvalue weighted by Gasteiger charge is 2.85. The number of ketones is 1. The van der Waals surface area contributed by atoms with Gasteiger partial charge in [-0.3, -0.25) is 4.79 Å². The van der Waals surface area contributed by atoms with Gasteiger partial charge in [-0.25, -0.2) is 8.42 Å². The molecule has 0 aromatic heterocycles. The van der Waals surface area contributed by atoms with E-state index in [-0.39, 0.29) is 7.05 Å². The number of carbonyl (C=O) groups is 1. The molecule has 0 aromatic rings. The minimum Gasteiger partial charge on any atom is -0.372 e. The van der Waals surface area contributed by atoms with Crippen molar-refractivity contribution in [2.75, 3.05) is 26.8 Å². The molecule has 26 heavy (non-hydrogen) atoms. The summed E-state index contributed by atoms with van der Waals surface area (Å²) in [6, 6.07) is 0. The van der Waals surface area contributed by atoms with Crippen LogP contribution in [0.5, 0.6) is 0 Å². The van der Waals surface area contributed by atoms with E-state index in [0.717, 1.165) is 6.08 Å². The number of likely N-dealkylation sites (N-methyl/N-ethyl adjacent to an activating group) is 1. The molecule has 0 rings (SSSR count). The normalized spacial score (nSPS) is 14.6. The number of nitrogens with zero attached hydrogens (tertiary/aromatic N) is 1. The van der Waals surface area contributed by atoms with Crippen LogP contribution in [0, 0.1) is 0 Å². The maximum Gasteiger partial charge on any atom is 0.460 e. The summed E-state index contributed by atoms with van der Waals surface area (Å²) in [5.41, 5.74) is 0. The van der Waals surface area contributed by atoms with Crippen molar-refractivity contribution in [3.63, 3.8) is 0 Å². The van der Waals surface area contributed by atoms with Gasteiger partial charge < -0.3 is 4.74 Å². The fourth-order valence-corrected chi connectivity index (χ4v) is 2.42. The number of rotatable bonds is 10. The van der Waals surface area contributed by atoms with E-state index in [0.29, 0.717) is 0 Å². The third-order valence-electron chi connectivity index (χ3n) is 2.87. The van der Waals surface area contributed by atoms with Gasteiger partial charge in [0, 0.05) is 13.6 Å². The van der Waals surface area contributed by atoms with E-state index in [1.54, 1.807) is 0 Å². The number of hydrogen-bond donors (Lipinski definition) is 0. The van der Waals surface area contributed by atoms with E-state index in [4.69, 9.17) is 0 Å². The maximum absolute atomic E-state index is 13.5. The van der Waals surface area contributed by atoms with Crippen LogP contribution in [-0.4, -0.2) is 68.6 Å². The third-order valence-corrected chi connectivity index (χ3v) is 4.78. The van der Waals surface area contributed by atoms with Gasteiger partial charge in [0.1, 0.15) is 6.61 Å². The Labute approximate surface area is 141 Å². The fourth-order valence-electron chi connectivity index (χ4n) is 1.26. The molecule has 0 aliphatic carbocycles. The van der Waals surface area contributed by atoms with Crippen molar-refractivity contribution in [3.8, 4) is 0 Å². The highest BCUT2D eigenvalue weighted by atomic mass is 32.2. The molecule has 5 nitrogen and oxygen atoms in total. The van der Waals surface area contributed by atoms with Gasteiger partial charge in [-0.1, -0.05) is 6.58 Å². The van der Waals surface area contributed by atoms with Crippen LogP contribution in [0.15, 0.2) is 12.7 Å². The first-order chi connectivity index (χ1) is 11.4. The molecular weight excluding hydrogens is 413 g/mol. The van der Waals surface area contributed by atoms with Gasteiger partial charge in [0.05, 0.1) is 6.61 Å². The third kappa shape index (κ3) is 4.31. The zero-order valence-electron chi connectivity index (χ0n) is 12.8. The Bertz CT molecular complexity index is 630. The second kappa shape index (κ2) is 7.72. The van der Waals surface area contributed by atoms with Gasteiger partial charge in [-0.15, -0.1) is 0 Å². The molecule has 0 amide bonds. The lowest BCUT2D eigenvalue weighted by atomic mass is 10.1. The van der Waals surface area contributed by atoms with Crippen molar-refractivity contribution in [1.82, 2.24) is 4.31 Å². The Balaban J connectivity index is 5.48. The summed E-state index contributed by atoms with van der Waals surface area (Å²) >= 11 is 0. The molecule has 0 fully saturated rings. The smallest absolute Gasteiger partial charge is 0.372 e. The SMILES string of the molecule is C=CC(=O)COCCN(C)S(=O)(=O)C(F)(F)C(F)(F)C(F)(F)C(F)(F)F. The first-order valence-electron chi connectivity index (χ1n) is 6.27. The number of halogens is 9. The standard InChI is InChI=1S/C11H12F9NO4S/c1-3-7(22)6-25-5-4-21(2)26(23,24)11(19,20)9(14,15)8(12,13)10(16,17)18/h3H,1,4-6H2,2H3. The van der Waals surface area contributed by atoms with Crippen LogP contribution in [0.3, 0.4) is 0 Å². The van der Waals surface area contributed by atoms with Crippen LogP contribution in [0.1, 0.15) is 0 Å². The minimum atomic E-state index is -7.33. The molecule has 0 bridgehead atoms. The Morgan fingerprint density at radius 3 is 1.88 bits per heavy atom. The van der Waals surface area contributed by atoms with Crippen LogP contribution in [0.25, 0.3) is 0 Å². The number of alkyl halides is 9. The van der Waals surface area contributed by atoms with Crippen LogP contribution in [-0.2, 0) is 19.6 Å². The topological polar surface area (TPSA) is 63.7 Å². The highest BCUT2D eigenvalue weighted by Crippen LogP contribution is 2.55. The Hall–Kier alpha value is -1.35. The lowest BCUT2D eigenvalue weighted by Gasteiger charge is -2.34. The molecule has 0 unspecified atom stereocenters. The second-order valence-corrected chi connectivity index (χ2v) is 6.80. The molecule has 0 radical (unpaired) electrons. The maximum atomic E-state index is 13.5. The molecule has 0 aliphatic rings. The van der Waals surface area contributed by atoms with Gasteiger partial charge in [0.15, 0.2) is 5.78 Å². The van der Waals surface area contributed by atoms with E-state index < -0.39 is 63.1 Å². The lowest BCUT2D eigenvalue weighted by Crippen LogP contribution is -2.65. The molecule has 0 aromatic carbocycles. The predicted octanol–water partition coefficient (Wildman–Crippen LogP) is 2.45. The van der Waals surface area contributed by atoms with Crippen LogP contribution in [0.2, 0.25) is 0 Å². The Morgan fingerprint density at radius 2 is 1.50 bits per heavy atom. The van der Waals surface area contributed by atoms with Gasteiger partial charge in [-0.2, -0.15) is 43.8 Å². The molecule has 0 aliphatic heterocycles. The summed E-state index contributed by atoms with van der Waals surface area (Å²) < 4.78 is 141. The summed E-state index contributed by atoms with van der Waals surface area (Å²) in [5.74, 6) is -15.3. The second-order valence-electron chi connectivity index (χ2n) is 4.71. The summed E-state index contributed by atoms with van der Waals surface area (Å²) in [5, 5.41) is -6.80. The van der Waals surface area contributed by atoms with Crippen molar-refractivity contribution < 1.29 is 57.5 Å². The van der Waals surface area contributed by atoms with Crippen LogP contribution >= 0.6 is 0 Å². The molecule has 15 heteroatoms. The van der Waals surface area contributed by atoms with Gasteiger partial charge in [-0.05, 0) is 6.08 Å². The average Bonchev–Trinajstić information content (AvgIpc) is 2.48. The first-order valence-corrected chi connectivity index (χ1v) is 7.71. The molecule has 0 N–H and O–H groups in total. The summed E-state index contributed by atoms with van der Waals surface area (Å²) in [4.78, 5) is 10.8. The number of sulfonamides is 1. The number of ether oxygens (including phenoxy) is 1. The molecule has 0 atom stereocenters. The molecule has 0 heterocycles. The fraction of sp³-hybridized carbons (Fsp3) is 0.727. The molecule has 0 spiro atoms. The van der Waals surface area contributed by atoms with E-state index in [1.165, 1.54) is 0 Å². The number of carbonyl (C=O) groups excluding carboxylic acids is 1. The van der Waals surface area contributed by atoms with Gasteiger partial charge in [0.25, 0.3) is 10.0 Å². The predicted molar refractivity (Wildman–Crippen MR) is 68.5 cm³/mol. The van der Waals surface area contributed by atoms with E-state index in [2.05, 4.69) is 11.3 Å². The van der Waals surface area contributed by atoms with Crippen molar-refractivity contribution >= 4 is 15.8 Å². The Morgan fingerprint density at radius 1 is 1.04 bits per heavy atom. The van der Waals surface area contributed by atoms with Crippen molar-refractivity contribution in [3.05, 3.63) is 12.7 Å². The van der Waals surface area contributed by atoms with E-state index >= 15 is 0 Å². The van der Waals surface area contributed by atoms with Crippen molar-refractivity contribution in [2.45, 2.75) is 23.3 Å². The Kier molecular flexibility index (Phi) is 7.32. The average molecular weight is 425 g/mol. The summed E-state index contributed by atoms with van der Waals surface area (Å²) in [7, 11) is -6.44.